The third kappa shape index (κ3) is 3.88. The van der Waals surface area contributed by atoms with Crippen LogP contribution >= 0.6 is 0 Å². The highest BCUT2D eigenvalue weighted by molar-refractivity contribution is 7.92. The van der Waals surface area contributed by atoms with E-state index >= 15 is 0 Å². The largest absolute Gasteiger partial charge is 0.675 e. The Morgan fingerprint density at radius 2 is 1.83 bits per heavy atom. The Balaban J connectivity index is 2.17. The van der Waals surface area contributed by atoms with Crippen LogP contribution in [0.15, 0.2) is 41.4 Å². The lowest BCUT2D eigenvalue weighted by molar-refractivity contribution is -0.141. The monoisotopic (exact) mass is 431 g/mol. The first-order valence-corrected chi connectivity index (χ1v) is 10.4. The first kappa shape index (κ1) is 21.7. The van der Waals surface area contributed by atoms with Crippen molar-refractivity contribution in [2.75, 3.05) is 0 Å². The summed E-state index contributed by atoms with van der Waals surface area (Å²) in [4.78, 5) is 2.79. The number of halogens is 4. The minimum atomic E-state index is -4.72. The Hall–Kier alpha value is -2.04. The van der Waals surface area contributed by atoms with E-state index in [-0.39, 0.29) is 31.2 Å². The van der Waals surface area contributed by atoms with E-state index in [9.17, 15) is 31.1 Å². The van der Waals surface area contributed by atoms with E-state index < -0.39 is 49.8 Å². The Kier molecular flexibility index (Phi) is 5.72. The molecule has 1 saturated carbocycles. The highest BCUT2D eigenvalue weighted by atomic mass is 32.2. The van der Waals surface area contributed by atoms with Crippen LogP contribution < -0.4 is 0 Å². The van der Waals surface area contributed by atoms with Gasteiger partial charge in [-0.25, -0.2) is 12.8 Å². The van der Waals surface area contributed by atoms with Crippen LogP contribution in [0.5, 0.6) is 0 Å². The van der Waals surface area contributed by atoms with Crippen LogP contribution in [0.4, 0.5) is 17.6 Å². The average Bonchev–Trinajstić information content (AvgIpc) is 2.68. The van der Waals surface area contributed by atoms with Gasteiger partial charge in [-0.05, 0) is 42.7 Å². The number of nitrogens with zero attached hydrogens (tertiary/aromatic N) is 1. The van der Waals surface area contributed by atoms with E-state index in [2.05, 4.69) is 4.98 Å². The minimum absolute atomic E-state index is 0.0592. The normalized spacial score (nSPS) is 23.2. The van der Waals surface area contributed by atoms with E-state index in [1.54, 1.807) is 0 Å². The Morgan fingerprint density at radius 1 is 1.17 bits per heavy atom. The van der Waals surface area contributed by atoms with Crippen LogP contribution in [0.25, 0.3) is 5.73 Å². The maximum absolute atomic E-state index is 14.7. The molecule has 0 unspecified atom stereocenters. The zero-order chi connectivity index (χ0) is 21.4. The smallest absolute Gasteiger partial charge is 0.433 e. The zero-order valence-corrected chi connectivity index (χ0v) is 16.0. The number of aliphatic hydroxyl groups is 1. The number of alkyl halides is 3. The molecule has 1 heterocycles. The molecule has 1 aromatic heterocycles. The molecular formula is C19H19F4N2O3S-. The summed E-state index contributed by atoms with van der Waals surface area (Å²) < 4.78 is 78.4. The van der Waals surface area contributed by atoms with Gasteiger partial charge >= 0.3 is 6.18 Å². The second-order valence-electron chi connectivity index (χ2n) is 7.12. The average molecular weight is 431 g/mol. The fraction of sp³-hybridized carbons (Fsp3) is 0.421. The third-order valence-corrected chi connectivity index (χ3v) is 7.87. The van der Waals surface area contributed by atoms with Crippen molar-refractivity contribution in [1.82, 2.24) is 4.98 Å². The summed E-state index contributed by atoms with van der Waals surface area (Å²) in [5.41, 5.74) is 6.83. The summed E-state index contributed by atoms with van der Waals surface area (Å²) in [5.74, 6) is -0.783. The number of aromatic nitrogens is 1. The molecule has 0 radical (unpaired) electrons. The summed E-state index contributed by atoms with van der Waals surface area (Å²) in [6, 6.07) is 4.57. The van der Waals surface area contributed by atoms with Crippen molar-refractivity contribution in [3.63, 3.8) is 0 Å². The minimum Gasteiger partial charge on any atom is -0.675 e. The van der Waals surface area contributed by atoms with Crippen LogP contribution in [0.2, 0.25) is 0 Å². The summed E-state index contributed by atoms with van der Waals surface area (Å²) in [7, 11) is -4.34. The molecule has 0 bridgehead atoms. The van der Waals surface area contributed by atoms with Crippen molar-refractivity contribution >= 4 is 9.84 Å². The molecule has 1 aromatic carbocycles. The standard InChI is InChI=1S/C19H19F4N2O3S/c20-16-3-1-12(11-26)9-15(16)18(7-5-13(24)6-8-18)29(27,28)14-2-4-17(25-10-14)19(21,22)23/h1-4,9-10,13,24,26H,5-8,11H2/q-1. The van der Waals surface area contributed by atoms with Gasteiger partial charge in [0.15, 0.2) is 9.84 Å². The summed E-state index contributed by atoms with van der Waals surface area (Å²) >= 11 is 0. The van der Waals surface area contributed by atoms with Crippen LogP contribution in [0.3, 0.4) is 0 Å². The van der Waals surface area contributed by atoms with Crippen LogP contribution in [-0.4, -0.2) is 24.6 Å². The fourth-order valence-electron chi connectivity index (χ4n) is 3.72. The van der Waals surface area contributed by atoms with E-state index in [0.29, 0.717) is 17.8 Å². The van der Waals surface area contributed by atoms with Crippen molar-refractivity contribution in [2.45, 2.75) is 54.2 Å². The SMILES string of the molecule is [NH-]C1CCC(c2cc(CO)ccc2F)(S(=O)(=O)c2ccc(C(F)(F)F)nc2)CC1. The third-order valence-electron chi connectivity index (χ3n) is 5.35. The molecule has 10 heteroatoms. The molecule has 0 amide bonds. The predicted molar refractivity (Wildman–Crippen MR) is 97.0 cm³/mol. The van der Waals surface area contributed by atoms with Crippen molar-refractivity contribution in [2.24, 2.45) is 0 Å². The molecule has 2 N–H and O–H groups in total. The maximum atomic E-state index is 14.7. The Morgan fingerprint density at radius 3 is 2.34 bits per heavy atom. The highest BCUT2D eigenvalue weighted by Crippen LogP contribution is 2.48. The molecule has 0 atom stereocenters. The number of aliphatic hydroxyl groups excluding tert-OH is 1. The van der Waals surface area contributed by atoms with Gasteiger partial charge in [0.2, 0.25) is 0 Å². The second-order valence-corrected chi connectivity index (χ2v) is 9.38. The van der Waals surface area contributed by atoms with Crippen molar-refractivity contribution < 1.29 is 31.1 Å². The first-order valence-electron chi connectivity index (χ1n) is 8.90. The van der Waals surface area contributed by atoms with Crippen molar-refractivity contribution in [3.05, 3.63) is 64.9 Å². The van der Waals surface area contributed by atoms with Gasteiger partial charge in [-0.3, -0.25) is 4.98 Å². The zero-order valence-electron chi connectivity index (χ0n) is 15.2. The molecule has 2 aromatic rings. The molecule has 3 rings (SSSR count). The van der Waals surface area contributed by atoms with Crippen LogP contribution in [0, 0.1) is 5.82 Å². The van der Waals surface area contributed by atoms with E-state index in [4.69, 9.17) is 5.73 Å². The van der Waals surface area contributed by atoms with Crippen LogP contribution in [-0.2, 0) is 27.4 Å². The molecule has 29 heavy (non-hydrogen) atoms. The lowest BCUT2D eigenvalue weighted by atomic mass is 9.80. The van der Waals surface area contributed by atoms with Gasteiger partial charge in [-0.1, -0.05) is 18.9 Å². The maximum Gasteiger partial charge on any atom is 0.433 e. The lowest BCUT2D eigenvalue weighted by Gasteiger charge is -2.41. The summed E-state index contributed by atoms with van der Waals surface area (Å²) in [5, 5.41) is 9.39. The van der Waals surface area contributed by atoms with Crippen molar-refractivity contribution in [3.8, 4) is 0 Å². The van der Waals surface area contributed by atoms with Crippen LogP contribution in [0.1, 0.15) is 42.5 Å². The quantitative estimate of drug-likeness (QED) is 0.727. The van der Waals surface area contributed by atoms with Gasteiger partial charge < -0.3 is 10.8 Å². The number of benzene rings is 1. The number of pyridine rings is 1. The fourth-order valence-corrected chi connectivity index (χ4v) is 5.83. The van der Waals surface area contributed by atoms with Crippen molar-refractivity contribution in [1.29, 1.82) is 0 Å². The molecule has 1 aliphatic carbocycles. The molecule has 1 aliphatic rings. The number of hydrogen-bond acceptors (Lipinski definition) is 4. The topological polar surface area (TPSA) is 91.1 Å². The molecule has 158 valence electrons. The summed E-state index contributed by atoms with van der Waals surface area (Å²) in [6.07, 6.45) is -3.82. The molecule has 0 spiro atoms. The van der Waals surface area contributed by atoms with Gasteiger partial charge in [0, 0.05) is 11.8 Å². The lowest BCUT2D eigenvalue weighted by Crippen LogP contribution is -2.41. The number of nitrogens with one attached hydrogen (secondary N) is 1. The molecule has 5 nitrogen and oxygen atoms in total. The number of sulfone groups is 1. The predicted octanol–water partition coefficient (Wildman–Crippen LogP) is 4.40. The van der Waals surface area contributed by atoms with Gasteiger partial charge in [0.25, 0.3) is 0 Å². The van der Waals surface area contributed by atoms with Gasteiger partial charge in [0.05, 0.1) is 11.5 Å². The van der Waals surface area contributed by atoms with E-state index in [0.717, 1.165) is 12.1 Å². The van der Waals surface area contributed by atoms with E-state index in [1.807, 2.05) is 0 Å². The first-order chi connectivity index (χ1) is 13.5. The Bertz CT molecular complexity index is 984. The molecule has 0 saturated heterocycles. The molecular weight excluding hydrogens is 412 g/mol. The van der Waals surface area contributed by atoms with Gasteiger partial charge in [-0.2, -0.15) is 13.2 Å². The number of hydrogen-bond donors (Lipinski definition) is 1. The molecule has 1 fully saturated rings. The highest BCUT2D eigenvalue weighted by Gasteiger charge is 2.49. The molecule has 0 aliphatic heterocycles. The van der Waals surface area contributed by atoms with E-state index in [1.165, 1.54) is 12.1 Å². The Labute approximate surface area is 165 Å². The second kappa shape index (κ2) is 7.66. The summed E-state index contributed by atoms with van der Waals surface area (Å²) in [6.45, 7) is -0.424. The van der Waals surface area contributed by atoms with Gasteiger partial charge in [0.1, 0.15) is 16.3 Å². The van der Waals surface area contributed by atoms with Gasteiger partial charge in [-0.15, -0.1) is 6.04 Å². The number of rotatable bonds is 4.